The van der Waals surface area contributed by atoms with Crippen LogP contribution in [0.5, 0.6) is 0 Å². The van der Waals surface area contributed by atoms with Crippen molar-refractivity contribution < 1.29 is 4.48 Å². The zero-order chi connectivity index (χ0) is 11.1. The minimum atomic E-state index is 0.538. The number of rotatable bonds is 2. The summed E-state index contributed by atoms with van der Waals surface area (Å²) in [5, 5.41) is 0. The Morgan fingerprint density at radius 2 is 1.56 bits per heavy atom. The van der Waals surface area contributed by atoms with Crippen molar-refractivity contribution in [1.82, 2.24) is 0 Å². The number of hydrogen-bond acceptors (Lipinski definition) is 0. The summed E-state index contributed by atoms with van der Waals surface area (Å²) in [5.74, 6) is 0. The van der Waals surface area contributed by atoms with Gasteiger partial charge in [0, 0.05) is 24.7 Å². The molecule has 0 amide bonds. The highest BCUT2D eigenvalue weighted by Crippen LogP contribution is 2.45. The molecule has 1 nitrogen and oxygen atoms in total. The molecule has 0 aromatic heterocycles. The summed E-state index contributed by atoms with van der Waals surface area (Å²) >= 11 is 0. The Morgan fingerprint density at radius 1 is 1.00 bits per heavy atom. The van der Waals surface area contributed by atoms with E-state index in [4.69, 9.17) is 0 Å². The van der Waals surface area contributed by atoms with Gasteiger partial charge in [0.25, 0.3) is 0 Å². The monoisotopic (exact) mass is 216 g/mol. The standard InChI is InChI=1S/C15H22N/c1-2-16-11-8-15(9-12-16,10-13-16)14-6-4-3-5-7-14/h3-7H,2,8-13H2,1H3/q+1. The van der Waals surface area contributed by atoms with Crippen LogP contribution in [0.4, 0.5) is 0 Å². The third-order valence-electron chi connectivity index (χ3n) is 5.25. The SMILES string of the molecule is CC[N+]12CCC(c3ccccc3)(CC1)CC2. The maximum atomic E-state index is 2.36. The predicted octanol–water partition coefficient (Wildman–Crippen LogP) is 2.96. The molecule has 1 aromatic rings. The maximum Gasteiger partial charge on any atom is 0.0795 e. The molecule has 16 heavy (non-hydrogen) atoms. The van der Waals surface area contributed by atoms with Gasteiger partial charge in [-0.15, -0.1) is 0 Å². The van der Waals surface area contributed by atoms with Crippen LogP contribution in [0.3, 0.4) is 0 Å². The second kappa shape index (κ2) is 3.59. The lowest BCUT2D eigenvalue weighted by Crippen LogP contribution is -2.62. The van der Waals surface area contributed by atoms with Crippen molar-refractivity contribution >= 4 is 0 Å². The zero-order valence-corrected chi connectivity index (χ0v) is 10.3. The first kappa shape index (κ1) is 10.3. The van der Waals surface area contributed by atoms with Gasteiger partial charge in [0.2, 0.25) is 0 Å². The molecular weight excluding hydrogens is 194 g/mol. The molecule has 4 rings (SSSR count). The molecule has 3 aliphatic heterocycles. The van der Waals surface area contributed by atoms with Crippen molar-refractivity contribution in [2.75, 3.05) is 26.2 Å². The fraction of sp³-hybridized carbons (Fsp3) is 0.600. The molecule has 0 radical (unpaired) electrons. The second-order valence-corrected chi connectivity index (χ2v) is 5.73. The van der Waals surface area contributed by atoms with Gasteiger partial charge in [-0.1, -0.05) is 30.3 Å². The van der Waals surface area contributed by atoms with Crippen molar-refractivity contribution in [3.63, 3.8) is 0 Å². The number of fused-ring (bicyclic) bond motifs is 3. The lowest BCUT2D eigenvalue weighted by molar-refractivity contribution is -0.941. The maximum absolute atomic E-state index is 2.36. The van der Waals surface area contributed by atoms with Crippen LogP contribution in [0.25, 0.3) is 0 Å². The van der Waals surface area contributed by atoms with Gasteiger partial charge in [-0.2, -0.15) is 0 Å². The molecular formula is C15H22N+. The third kappa shape index (κ3) is 1.41. The fourth-order valence-corrected chi connectivity index (χ4v) is 3.76. The van der Waals surface area contributed by atoms with Gasteiger partial charge >= 0.3 is 0 Å². The van der Waals surface area contributed by atoms with E-state index in [1.165, 1.54) is 49.9 Å². The molecule has 3 fully saturated rings. The average molecular weight is 216 g/mol. The molecule has 1 heteroatoms. The number of nitrogens with zero attached hydrogens (tertiary/aromatic N) is 1. The second-order valence-electron chi connectivity index (χ2n) is 5.73. The normalized spacial score (nSPS) is 37.6. The summed E-state index contributed by atoms with van der Waals surface area (Å²) in [5.41, 5.74) is 2.14. The zero-order valence-electron chi connectivity index (χ0n) is 10.3. The molecule has 0 aliphatic carbocycles. The highest BCUT2D eigenvalue weighted by atomic mass is 15.4. The lowest BCUT2D eigenvalue weighted by Gasteiger charge is -2.54. The van der Waals surface area contributed by atoms with Crippen LogP contribution in [0, 0.1) is 0 Å². The summed E-state index contributed by atoms with van der Waals surface area (Å²) in [6.45, 7) is 7.92. The summed E-state index contributed by atoms with van der Waals surface area (Å²) in [6, 6.07) is 11.2. The minimum Gasteiger partial charge on any atom is -0.324 e. The van der Waals surface area contributed by atoms with E-state index in [1.54, 1.807) is 5.56 Å². The van der Waals surface area contributed by atoms with Crippen LogP contribution in [0.2, 0.25) is 0 Å². The van der Waals surface area contributed by atoms with E-state index in [9.17, 15) is 0 Å². The van der Waals surface area contributed by atoms with Crippen LogP contribution < -0.4 is 0 Å². The molecule has 0 N–H and O–H groups in total. The Labute approximate surface area is 98.7 Å². The van der Waals surface area contributed by atoms with Crippen LogP contribution in [-0.2, 0) is 5.41 Å². The van der Waals surface area contributed by atoms with Gasteiger partial charge < -0.3 is 4.48 Å². The molecule has 0 unspecified atom stereocenters. The third-order valence-corrected chi connectivity index (χ3v) is 5.25. The number of hydrogen-bond donors (Lipinski definition) is 0. The first-order chi connectivity index (χ1) is 7.79. The molecule has 0 saturated carbocycles. The summed E-state index contributed by atoms with van der Waals surface area (Å²) in [6.07, 6.45) is 4.22. The molecule has 2 bridgehead atoms. The average Bonchev–Trinajstić information content (AvgIpc) is 2.42. The van der Waals surface area contributed by atoms with Gasteiger partial charge in [-0.3, -0.25) is 0 Å². The molecule has 0 spiro atoms. The van der Waals surface area contributed by atoms with Gasteiger partial charge in [-0.05, 0) is 12.5 Å². The van der Waals surface area contributed by atoms with Crippen LogP contribution in [-0.4, -0.2) is 30.7 Å². The Morgan fingerprint density at radius 3 is 2.06 bits per heavy atom. The summed E-state index contributed by atoms with van der Waals surface area (Å²) < 4.78 is 1.40. The van der Waals surface area contributed by atoms with Crippen LogP contribution in [0.1, 0.15) is 31.7 Å². The topological polar surface area (TPSA) is 0 Å². The van der Waals surface area contributed by atoms with Crippen molar-refractivity contribution in [2.24, 2.45) is 0 Å². The Kier molecular flexibility index (Phi) is 2.32. The van der Waals surface area contributed by atoms with Crippen molar-refractivity contribution in [3.05, 3.63) is 35.9 Å². The first-order valence-corrected chi connectivity index (χ1v) is 6.69. The highest BCUT2D eigenvalue weighted by molar-refractivity contribution is 5.26. The van der Waals surface area contributed by atoms with Crippen molar-refractivity contribution in [2.45, 2.75) is 31.6 Å². The fourth-order valence-electron chi connectivity index (χ4n) is 3.76. The van der Waals surface area contributed by atoms with E-state index >= 15 is 0 Å². The first-order valence-electron chi connectivity index (χ1n) is 6.69. The lowest BCUT2D eigenvalue weighted by atomic mass is 9.66. The molecule has 86 valence electrons. The Hall–Kier alpha value is -0.820. The smallest absolute Gasteiger partial charge is 0.0795 e. The molecule has 3 saturated heterocycles. The van der Waals surface area contributed by atoms with Gasteiger partial charge in [-0.25, -0.2) is 0 Å². The van der Waals surface area contributed by atoms with E-state index < -0.39 is 0 Å². The van der Waals surface area contributed by atoms with Crippen LogP contribution in [0.15, 0.2) is 30.3 Å². The van der Waals surface area contributed by atoms with Gasteiger partial charge in [0.1, 0.15) is 0 Å². The van der Waals surface area contributed by atoms with E-state index in [2.05, 4.69) is 37.3 Å². The highest BCUT2D eigenvalue weighted by Gasteiger charge is 2.48. The molecule has 0 atom stereocenters. The van der Waals surface area contributed by atoms with Gasteiger partial charge in [0.15, 0.2) is 0 Å². The van der Waals surface area contributed by atoms with Crippen LogP contribution >= 0.6 is 0 Å². The molecule has 1 aromatic carbocycles. The van der Waals surface area contributed by atoms with Gasteiger partial charge in [0.05, 0.1) is 26.2 Å². The van der Waals surface area contributed by atoms with E-state index in [1.807, 2.05) is 0 Å². The number of piperidine rings is 3. The van der Waals surface area contributed by atoms with Crippen molar-refractivity contribution in [1.29, 1.82) is 0 Å². The summed E-state index contributed by atoms with van der Waals surface area (Å²) in [4.78, 5) is 0. The largest absolute Gasteiger partial charge is 0.324 e. The predicted molar refractivity (Wildman–Crippen MR) is 67.4 cm³/mol. The Balaban J connectivity index is 1.89. The summed E-state index contributed by atoms with van der Waals surface area (Å²) in [7, 11) is 0. The minimum absolute atomic E-state index is 0.538. The number of benzene rings is 1. The quantitative estimate of drug-likeness (QED) is 0.667. The van der Waals surface area contributed by atoms with E-state index in [0.717, 1.165) is 0 Å². The Bertz CT molecular complexity index is 344. The van der Waals surface area contributed by atoms with E-state index in [-0.39, 0.29) is 0 Å². The number of quaternary nitrogens is 1. The molecule has 3 aliphatic rings. The van der Waals surface area contributed by atoms with E-state index in [0.29, 0.717) is 5.41 Å². The van der Waals surface area contributed by atoms with Crippen molar-refractivity contribution in [3.8, 4) is 0 Å². The molecule has 3 heterocycles.